The van der Waals surface area contributed by atoms with Crippen LogP contribution < -0.4 is 10.6 Å². The monoisotopic (exact) mass is 290 g/mol. The van der Waals surface area contributed by atoms with E-state index in [1.54, 1.807) is 19.2 Å². The van der Waals surface area contributed by atoms with Gasteiger partial charge in [0.05, 0.1) is 11.3 Å². The van der Waals surface area contributed by atoms with Gasteiger partial charge < -0.3 is 10.6 Å². The lowest BCUT2D eigenvalue weighted by Gasteiger charge is -2.12. The standard InChI is InChI=1S/C16H16F2N2O/c1-9-4-5-14(19-3)11(6-9)16(21)20-15-8-12(17)10(2)7-13(15)18/h4-8,19H,1-3H3,(H,20,21). The first-order valence-corrected chi connectivity index (χ1v) is 6.47. The second kappa shape index (κ2) is 5.91. The molecule has 2 aromatic carbocycles. The van der Waals surface area contributed by atoms with Crippen molar-refractivity contribution < 1.29 is 13.6 Å². The van der Waals surface area contributed by atoms with Gasteiger partial charge in [0.1, 0.15) is 11.6 Å². The molecule has 0 aliphatic heterocycles. The summed E-state index contributed by atoms with van der Waals surface area (Å²) < 4.78 is 27.3. The third-order valence-corrected chi connectivity index (χ3v) is 3.19. The van der Waals surface area contributed by atoms with Gasteiger partial charge in [-0.1, -0.05) is 11.6 Å². The molecule has 0 fully saturated rings. The van der Waals surface area contributed by atoms with Gasteiger partial charge in [-0.3, -0.25) is 4.79 Å². The minimum absolute atomic E-state index is 0.174. The van der Waals surface area contributed by atoms with Crippen molar-refractivity contribution in [1.29, 1.82) is 0 Å². The van der Waals surface area contributed by atoms with Crippen LogP contribution in [0.3, 0.4) is 0 Å². The van der Waals surface area contributed by atoms with Crippen molar-refractivity contribution in [1.82, 2.24) is 0 Å². The van der Waals surface area contributed by atoms with Crippen molar-refractivity contribution in [3.05, 3.63) is 58.7 Å². The summed E-state index contributed by atoms with van der Waals surface area (Å²) in [6, 6.07) is 7.34. The quantitative estimate of drug-likeness (QED) is 0.900. The zero-order chi connectivity index (χ0) is 15.6. The Bertz CT molecular complexity index is 699. The molecule has 5 heteroatoms. The number of anilines is 2. The van der Waals surface area contributed by atoms with Crippen LogP contribution in [0.4, 0.5) is 20.2 Å². The number of benzene rings is 2. The molecule has 2 rings (SSSR count). The molecule has 2 N–H and O–H groups in total. The van der Waals surface area contributed by atoms with Gasteiger partial charge in [-0.15, -0.1) is 0 Å². The Morgan fingerprint density at radius 2 is 1.71 bits per heavy atom. The summed E-state index contributed by atoms with van der Waals surface area (Å²) in [5.74, 6) is -1.73. The molecule has 0 heterocycles. The second-order valence-corrected chi connectivity index (χ2v) is 4.83. The van der Waals surface area contributed by atoms with Crippen molar-refractivity contribution in [2.75, 3.05) is 17.7 Å². The first-order valence-electron chi connectivity index (χ1n) is 6.47. The van der Waals surface area contributed by atoms with E-state index in [1.807, 2.05) is 13.0 Å². The van der Waals surface area contributed by atoms with Crippen LogP contribution in [-0.2, 0) is 0 Å². The van der Waals surface area contributed by atoms with Gasteiger partial charge in [0.25, 0.3) is 5.91 Å². The maximum absolute atomic E-state index is 13.8. The molecule has 0 aliphatic rings. The van der Waals surface area contributed by atoms with Gasteiger partial charge in [-0.25, -0.2) is 8.78 Å². The molecule has 0 atom stereocenters. The Hall–Kier alpha value is -2.43. The summed E-state index contributed by atoms with van der Waals surface area (Å²) in [4.78, 5) is 12.3. The van der Waals surface area contributed by atoms with E-state index in [9.17, 15) is 13.6 Å². The van der Waals surface area contributed by atoms with E-state index in [-0.39, 0.29) is 11.3 Å². The van der Waals surface area contributed by atoms with Crippen LogP contribution in [-0.4, -0.2) is 13.0 Å². The Balaban J connectivity index is 2.34. The summed E-state index contributed by atoms with van der Waals surface area (Å²) >= 11 is 0. The van der Waals surface area contributed by atoms with Crippen LogP contribution in [0.5, 0.6) is 0 Å². The van der Waals surface area contributed by atoms with Crippen molar-refractivity contribution in [2.45, 2.75) is 13.8 Å². The van der Waals surface area contributed by atoms with E-state index in [2.05, 4.69) is 10.6 Å². The molecule has 0 spiro atoms. The average molecular weight is 290 g/mol. The lowest BCUT2D eigenvalue weighted by Crippen LogP contribution is -2.15. The fourth-order valence-corrected chi connectivity index (χ4v) is 2.00. The van der Waals surface area contributed by atoms with E-state index in [1.165, 1.54) is 6.92 Å². The predicted octanol–water partition coefficient (Wildman–Crippen LogP) is 3.88. The third-order valence-electron chi connectivity index (χ3n) is 3.19. The fraction of sp³-hybridized carbons (Fsp3) is 0.188. The van der Waals surface area contributed by atoms with Gasteiger partial charge >= 0.3 is 0 Å². The van der Waals surface area contributed by atoms with Crippen LogP contribution in [0.1, 0.15) is 21.5 Å². The molecule has 0 aliphatic carbocycles. The van der Waals surface area contributed by atoms with Crippen LogP contribution >= 0.6 is 0 Å². The lowest BCUT2D eigenvalue weighted by atomic mass is 10.1. The Kier molecular flexibility index (Phi) is 4.21. The zero-order valence-electron chi connectivity index (χ0n) is 12.1. The molecule has 0 unspecified atom stereocenters. The number of hydrogen-bond acceptors (Lipinski definition) is 2. The predicted molar refractivity (Wildman–Crippen MR) is 79.8 cm³/mol. The molecule has 3 nitrogen and oxygen atoms in total. The molecule has 1 amide bonds. The number of aryl methyl sites for hydroxylation is 2. The average Bonchev–Trinajstić information content (AvgIpc) is 2.44. The molecule has 110 valence electrons. The van der Waals surface area contributed by atoms with Gasteiger partial charge in [0.15, 0.2) is 0 Å². The molecule has 0 bridgehead atoms. The highest BCUT2D eigenvalue weighted by molar-refractivity contribution is 6.08. The molecule has 0 saturated carbocycles. The van der Waals surface area contributed by atoms with Gasteiger partial charge in [0.2, 0.25) is 0 Å². The minimum Gasteiger partial charge on any atom is -0.387 e. The molecule has 0 radical (unpaired) electrons. The van der Waals surface area contributed by atoms with Gasteiger partial charge in [-0.05, 0) is 37.6 Å². The van der Waals surface area contributed by atoms with Crippen LogP contribution in [0.15, 0.2) is 30.3 Å². The molecule has 0 aromatic heterocycles. The Morgan fingerprint density at radius 1 is 1.00 bits per heavy atom. The van der Waals surface area contributed by atoms with Crippen LogP contribution in [0.2, 0.25) is 0 Å². The zero-order valence-corrected chi connectivity index (χ0v) is 12.1. The second-order valence-electron chi connectivity index (χ2n) is 4.83. The summed E-state index contributed by atoms with van der Waals surface area (Å²) in [6.07, 6.45) is 0. The van der Waals surface area contributed by atoms with Crippen LogP contribution in [0, 0.1) is 25.5 Å². The van der Waals surface area contributed by atoms with Crippen LogP contribution in [0.25, 0.3) is 0 Å². The van der Waals surface area contributed by atoms with Gasteiger partial charge in [-0.2, -0.15) is 0 Å². The Morgan fingerprint density at radius 3 is 2.38 bits per heavy atom. The minimum atomic E-state index is -0.666. The number of halogens is 2. The summed E-state index contributed by atoms with van der Waals surface area (Å²) in [6.45, 7) is 3.31. The number of amides is 1. The molecule has 21 heavy (non-hydrogen) atoms. The number of hydrogen-bond donors (Lipinski definition) is 2. The number of carbonyl (C=O) groups excluding carboxylic acids is 1. The highest BCUT2D eigenvalue weighted by atomic mass is 19.1. The third kappa shape index (κ3) is 3.18. The molecular weight excluding hydrogens is 274 g/mol. The van der Waals surface area contributed by atoms with E-state index in [0.717, 1.165) is 17.7 Å². The normalized spacial score (nSPS) is 10.3. The smallest absolute Gasteiger partial charge is 0.257 e. The number of rotatable bonds is 3. The Labute approximate surface area is 122 Å². The largest absolute Gasteiger partial charge is 0.387 e. The fourth-order valence-electron chi connectivity index (χ4n) is 2.00. The van der Waals surface area contributed by atoms with Crippen molar-refractivity contribution in [2.24, 2.45) is 0 Å². The maximum atomic E-state index is 13.8. The molecular formula is C16H16F2N2O. The van der Waals surface area contributed by atoms with Crippen molar-refractivity contribution >= 4 is 17.3 Å². The molecule has 2 aromatic rings. The van der Waals surface area contributed by atoms with Crippen molar-refractivity contribution in [3.8, 4) is 0 Å². The van der Waals surface area contributed by atoms with Crippen molar-refractivity contribution in [3.63, 3.8) is 0 Å². The lowest BCUT2D eigenvalue weighted by molar-refractivity contribution is 0.102. The van der Waals surface area contributed by atoms with E-state index in [0.29, 0.717) is 11.3 Å². The van der Waals surface area contributed by atoms with E-state index >= 15 is 0 Å². The SMILES string of the molecule is CNc1ccc(C)cc1C(=O)Nc1cc(F)c(C)cc1F. The number of carbonyl (C=O) groups is 1. The summed E-state index contributed by atoms with van der Waals surface area (Å²) in [7, 11) is 1.69. The highest BCUT2D eigenvalue weighted by Crippen LogP contribution is 2.22. The topological polar surface area (TPSA) is 41.1 Å². The van der Waals surface area contributed by atoms with Gasteiger partial charge in [0, 0.05) is 18.8 Å². The molecule has 0 saturated heterocycles. The van der Waals surface area contributed by atoms with E-state index < -0.39 is 17.5 Å². The summed E-state index contributed by atoms with van der Waals surface area (Å²) in [5, 5.41) is 5.30. The summed E-state index contributed by atoms with van der Waals surface area (Å²) in [5.41, 5.74) is 1.90. The highest BCUT2D eigenvalue weighted by Gasteiger charge is 2.14. The first kappa shape index (κ1) is 15.0. The maximum Gasteiger partial charge on any atom is 0.257 e. The van der Waals surface area contributed by atoms with E-state index in [4.69, 9.17) is 0 Å². The number of nitrogens with one attached hydrogen (secondary N) is 2. The first-order chi connectivity index (χ1) is 9.92.